The van der Waals surface area contributed by atoms with Gasteiger partial charge in [0.1, 0.15) is 5.78 Å². The Labute approximate surface area is 81.5 Å². The third-order valence-electron chi connectivity index (χ3n) is 0.870. The Morgan fingerprint density at radius 3 is 1.92 bits per heavy atom. The van der Waals surface area contributed by atoms with E-state index in [2.05, 4.69) is 0 Å². The minimum Gasteiger partial charge on any atom is -0.870 e. The van der Waals surface area contributed by atoms with Crippen LogP contribution in [0.4, 0.5) is 0 Å². The molecule has 6 heteroatoms. The molecule has 0 rings (SSSR count). The van der Waals surface area contributed by atoms with Crippen LogP contribution in [-0.2, 0) is 9.59 Å². The Bertz CT molecular complexity index is 125. The minimum absolute atomic E-state index is 0. The second-order valence-corrected chi connectivity index (χ2v) is 1.84. The third-order valence-corrected chi connectivity index (χ3v) is 0.870. The number of carboxylic acids is 1. The van der Waals surface area contributed by atoms with E-state index in [4.69, 9.17) is 0 Å². The maximum absolute atomic E-state index is 10.4. The fourth-order valence-electron chi connectivity index (χ4n) is 0.528. The fourth-order valence-corrected chi connectivity index (χ4v) is 0.528. The van der Waals surface area contributed by atoms with Crippen LogP contribution in [0.2, 0.25) is 0 Å². The van der Waals surface area contributed by atoms with E-state index in [1.807, 2.05) is 6.92 Å². The molecule has 0 saturated carbocycles. The molecule has 0 bridgehead atoms. The predicted molar refractivity (Wildman–Crippen MR) is 39.2 cm³/mol. The van der Waals surface area contributed by atoms with Gasteiger partial charge < -0.3 is 20.9 Å². The van der Waals surface area contributed by atoms with Crippen molar-refractivity contribution in [3.63, 3.8) is 0 Å². The van der Waals surface area contributed by atoms with Gasteiger partial charge in [0.15, 0.2) is 0 Å². The summed E-state index contributed by atoms with van der Waals surface area (Å²) in [6, 6.07) is 0. The smallest absolute Gasteiger partial charge is 0.870 e. The zero-order chi connectivity index (χ0) is 7.28. The average Bonchev–Trinajstić information content (AvgIpc) is 1.63. The Morgan fingerprint density at radius 1 is 1.25 bits per heavy atom. The summed E-state index contributed by atoms with van der Waals surface area (Å²) in [6.45, 7) is 1.83. The van der Waals surface area contributed by atoms with Gasteiger partial charge in [-0.05, 0) is 6.42 Å². The molecule has 68 valence electrons. The summed E-state index contributed by atoms with van der Waals surface area (Å²) in [5, 5.41) is 9.75. The fraction of sp³-hybridized carbons (Fsp3) is 0.667. The molecule has 0 aliphatic rings. The number of hydrogen-bond donors (Lipinski definition) is 0. The van der Waals surface area contributed by atoms with Gasteiger partial charge in [0.2, 0.25) is 0 Å². The summed E-state index contributed by atoms with van der Waals surface area (Å²) in [5.41, 5.74) is 0. The number of carbonyl (C=O) groups excluding carboxylic acids is 2. The van der Waals surface area contributed by atoms with Gasteiger partial charge >= 0.3 is 17.4 Å². The van der Waals surface area contributed by atoms with Gasteiger partial charge in [0.25, 0.3) is 0 Å². The van der Waals surface area contributed by atoms with Crippen LogP contribution >= 0.6 is 0 Å². The van der Waals surface area contributed by atoms with Crippen LogP contribution in [0.25, 0.3) is 0 Å². The van der Waals surface area contributed by atoms with Crippen molar-refractivity contribution in [3.8, 4) is 0 Å². The first kappa shape index (κ1) is 22.6. The van der Waals surface area contributed by atoms with E-state index in [9.17, 15) is 14.7 Å². The van der Waals surface area contributed by atoms with E-state index in [-0.39, 0.29) is 34.1 Å². The number of carbonyl (C=O) groups is 2. The molecule has 0 amide bonds. The van der Waals surface area contributed by atoms with Crippen molar-refractivity contribution in [1.82, 2.24) is 0 Å². The van der Waals surface area contributed by atoms with Crippen molar-refractivity contribution in [2.24, 2.45) is 0 Å². The largest absolute Gasteiger partial charge is 3.00 e. The van der Waals surface area contributed by atoms with Crippen molar-refractivity contribution in [2.75, 3.05) is 0 Å². The summed E-state index contributed by atoms with van der Waals surface area (Å²) in [4.78, 5) is 20.2. The molecule has 0 saturated heterocycles. The molecule has 0 aromatic heterocycles. The number of Topliss-reactive ketones (excluding diaryl/α,β-unsaturated/α-hetero) is 1. The van der Waals surface area contributed by atoms with Crippen LogP contribution in [0, 0.1) is 0 Å². The minimum atomic E-state index is -1.28. The molecular weight excluding hydrogens is 179 g/mol. The monoisotopic (exact) mass is 190 g/mol. The summed E-state index contributed by atoms with van der Waals surface area (Å²) < 4.78 is 0. The molecule has 0 radical (unpaired) electrons. The standard InChI is InChI=1S/C6H10O3.Al.2H2O/c1-2-3-5(7)4-6(8)9;;;/h2-4H2,1H3,(H,8,9);;2*1H2/q;+3;;/p-3. The molecule has 12 heavy (non-hydrogen) atoms. The number of ketones is 1. The predicted octanol–water partition coefficient (Wildman–Crippen LogP) is -1.24. The Hall–Kier alpha value is -0.408. The van der Waals surface area contributed by atoms with E-state index in [0.717, 1.165) is 0 Å². The molecule has 2 N–H and O–H groups in total. The molecule has 0 aromatic carbocycles. The summed E-state index contributed by atoms with van der Waals surface area (Å²) in [7, 11) is 0. The normalized spacial score (nSPS) is 6.75. The molecule has 0 fully saturated rings. The van der Waals surface area contributed by atoms with Crippen LogP contribution < -0.4 is 5.11 Å². The van der Waals surface area contributed by atoms with Gasteiger partial charge in [-0.1, -0.05) is 6.92 Å². The van der Waals surface area contributed by atoms with E-state index in [1.54, 1.807) is 0 Å². The van der Waals surface area contributed by atoms with Gasteiger partial charge in [-0.15, -0.1) is 0 Å². The second-order valence-electron chi connectivity index (χ2n) is 1.84. The number of hydrogen-bond acceptors (Lipinski definition) is 5. The molecule has 5 nitrogen and oxygen atoms in total. The molecule has 0 aromatic rings. The van der Waals surface area contributed by atoms with Gasteiger partial charge in [-0.25, -0.2) is 0 Å². The summed E-state index contributed by atoms with van der Waals surface area (Å²) >= 11 is 0. The van der Waals surface area contributed by atoms with Gasteiger partial charge in [0, 0.05) is 18.8 Å². The Kier molecular flexibility index (Phi) is 24.8. The quantitative estimate of drug-likeness (QED) is 0.406. The SMILES string of the molecule is CCCC(=O)CC(=O)[O-].[Al+3].[OH-].[OH-]. The van der Waals surface area contributed by atoms with Crippen molar-refractivity contribution in [2.45, 2.75) is 26.2 Å². The molecule has 0 aliphatic heterocycles. The first-order valence-electron chi connectivity index (χ1n) is 2.88. The van der Waals surface area contributed by atoms with Crippen molar-refractivity contribution >= 4 is 29.1 Å². The molecule has 0 heterocycles. The van der Waals surface area contributed by atoms with Gasteiger partial charge in [-0.3, -0.25) is 4.79 Å². The number of rotatable bonds is 4. The van der Waals surface area contributed by atoms with E-state index in [0.29, 0.717) is 12.8 Å². The van der Waals surface area contributed by atoms with E-state index >= 15 is 0 Å². The van der Waals surface area contributed by atoms with Gasteiger partial charge in [-0.2, -0.15) is 0 Å². The summed E-state index contributed by atoms with van der Waals surface area (Å²) in [5.74, 6) is -1.54. The molecule has 0 aliphatic carbocycles. The van der Waals surface area contributed by atoms with E-state index < -0.39 is 12.4 Å². The van der Waals surface area contributed by atoms with Crippen LogP contribution in [0.3, 0.4) is 0 Å². The maximum atomic E-state index is 10.4. The van der Waals surface area contributed by atoms with Gasteiger partial charge in [0.05, 0.1) is 0 Å². The zero-order valence-electron chi connectivity index (χ0n) is 6.82. The first-order chi connectivity index (χ1) is 4.16. The first-order valence-corrected chi connectivity index (χ1v) is 2.88. The number of aliphatic carboxylic acids is 1. The topological polar surface area (TPSA) is 117 Å². The zero-order valence-corrected chi connectivity index (χ0v) is 7.97. The van der Waals surface area contributed by atoms with Crippen LogP contribution in [0.5, 0.6) is 0 Å². The van der Waals surface area contributed by atoms with Crippen LogP contribution in [0.15, 0.2) is 0 Å². The van der Waals surface area contributed by atoms with Crippen molar-refractivity contribution in [1.29, 1.82) is 0 Å². The van der Waals surface area contributed by atoms with Crippen molar-refractivity contribution in [3.05, 3.63) is 0 Å². The third kappa shape index (κ3) is 16.3. The number of carboxylic acid groups (broad SMARTS) is 1. The Balaban J connectivity index is -0.000000107. The molecular formula is C6H11AlO5. The second kappa shape index (κ2) is 13.2. The van der Waals surface area contributed by atoms with Crippen LogP contribution in [0.1, 0.15) is 26.2 Å². The van der Waals surface area contributed by atoms with E-state index in [1.165, 1.54) is 0 Å². The van der Waals surface area contributed by atoms with Crippen LogP contribution in [-0.4, -0.2) is 40.1 Å². The van der Waals surface area contributed by atoms with Crippen molar-refractivity contribution < 1.29 is 25.6 Å². The molecule has 0 unspecified atom stereocenters. The summed E-state index contributed by atoms with van der Waals surface area (Å²) in [6.07, 6.45) is 0.605. The average molecular weight is 190 g/mol. The Morgan fingerprint density at radius 2 is 1.67 bits per heavy atom. The molecule has 0 atom stereocenters. The maximum Gasteiger partial charge on any atom is 3.00 e. The molecule has 0 spiro atoms.